The van der Waals surface area contributed by atoms with Gasteiger partial charge in [0, 0.05) is 32.3 Å². The Morgan fingerprint density at radius 2 is 2.26 bits per heavy atom. The van der Waals surface area contributed by atoms with E-state index in [-0.39, 0.29) is 11.8 Å². The van der Waals surface area contributed by atoms with Gasteiger partial charge in [-0.25, -0.2) is 0 Å². The Kier molecular flexibility index (Phi) is 4.87. The Morgan fingerprint density at radius 3 is 2.84 bits per heavy atom. The van der Waals surface area contributed by atoms with Gasteiger partial charge in [-0.3, -0.25) is 9.78 Å². The van der Waals surface area contributed by atoms with Crippen molar-refractivity contribution in [2.45, 2.75) is 12.8 Å². The van der Waals surface area contributed by atoms with Gasteiger partial charge in [0.05, 0.1) is 11.9 Å². The highest BCUT2D eigenvalue weighted by Crippen LogP contribution is 2.21. The first-order valence-corrected chi connectivity index (χ1v) is 6.82. The van der Waals surface area contributed by atoms with Crippen molar-refractivity contribution in [1.29, 1.82) is 0 Å². The highest BCUT2D eigenvalue weighted by atomic mass is 16.2. The molecule has 1 aliphatic rings. The molecule has 0 aromatic carbocycles. The number of hydrogen-bond acceptors (Lipinski definition) is 4. The average molecular weight is 262 g/mol. The topological polar surface area (TPSA) is 62.5 Å². The molecule has 1 amide bonds. The Balaban J connectivity index is 1.91. The van der Waals surface area contributed by atoms with Crippen LogP contribution in [0, 0.1) is 5.92 Å². The Morgan fingerprint density at radius 1 is 1.53 bits per heavy atom. The fourth-order valence-corrected chi connectivity index (χ4v) is 2.54. The summed E-state index contributed by atoms with van der Waals surface area (Å²) in [5, 5.41) is 0. The van der Waals surface area contributed by atoms with Crippen LogP contribution in [0.15, 0.2) is 24.5 Å². The minimum atomic E-state index is 0.124. The lowest BCUT2D eigenvalue weighted by molar-refractivity contribution is -0.123. The predicted molar refractivity (Wildman–Crippen MR) is 75.9 cm³/mol. The normalized spacial score (nSPS) is 17.4. The molecular weight excluding hydrogens is 240 g/mol. The van der Waals surface area contributed by atoms with Crippen LogP contribution in [0.4, 0.5) is 5.69 Å². The van der Waals surface area contributed by atoms with E-state index in [0.29, 0.717) is 6.54 Å². The molecule has 1 fully saturated rings. The first kappa shape index (κ1) is 14.0. The summed E-state index contributed by atoms with van der Waals surface area (Å²) in [6, 6.07) is 3.76. The second-order valence-electron chi connectivity index (χ2n) is 5.01. The maximum absolute atomic E-state index is 12.4. The maximum Gasteiger partial charge on any atom is 0.229 e. The molecule has 0 radical (unpaired) electrons. The van der Waals surface area contributed by atoms with Crippen LogP contribution in [0.25, 0.3) is 0 Å². The van der Waals surface area contributed by atoms with Crippen LogP contribution in [0.5, 0.6) is 0 Å². The van der Waals surface area contributed by atoms with Crippen molar-refractivity contribution < 1.29 is 4.79 Å². The average Bonchev–Trinajstić information content (AvgIpc) is 2.48. The van der Waals surface area contributed by atoms with Crippen molar-refractivity contribution in [3.63, 3.8) is 0 Å². The molecule has 5 nitrogen and oxygen atoms in total. The number of amides is 1. The molecule has 0 aliphatic carbocycles. The Hall–Kier alpha value is -1.46. The van der Waals surface area contributed by atoms with Gasteiger partial charge in [0.15, 0.2) is 0 Å². The van der Waals surface area contributed by atoms with Crippen LogP contribution in [0.2, 0.25) is 0 Å². The van der Waals surface area contributed by atoms with Gasteiger partial charge in [-0.05, 0) is 38.1 Å². The molecule has 0 atom stereocenters. The molecule has 2 N–H and O–H groups in total. The third kappa shape index (κ3) is 3.52. The minimum absolute atomic E-state index is 0.124. The number of nitrogens with two attached hydrogens (primary N) is 1. The van der Waals surface area contributed by atoms with Crippen LogP contribution < -0.4 is 10.6 Å². The molecule has 0 spiro atoms. The van der Waals surface area contributed by atoms with Crippen LogP contribution >= 0.6 is 0 Å². The molecule has 104 valence electrons. The van der Waals surface area contributed by atoms with Crippen molar-refractivity contribution >= 4 is 11.6 Å². The molecule has 1 saturated heterocycles. The molecule has 1 aliphatic heterocycles. The van der Waals surface area contributed by atoms with Crippen molar-refractivity contribution in [3.05, 3.63) is 24.5 Å². The standard InChI is InChI=1S/C14H22N4O/c1-17(13-3-2-7-16-11-13)14(19)12-4-8-18(9-5-12)10-6-15/h2-3,7,11-12H,4-6,8-10,15H2,1H3. The van der Waals surface area contributed by atoms with E-state index >= 15 is 0 Å². The summed E-state index contributed by atoms with van der Waals surface area (Å²) in [5.41, 5.74) is 6.41. The number of likely N-dealkylation sites (tertiary alicyclic amines) is 1. The Bertz CT molecular complexity index is 401. The molecule has 0 bridgehead atoms. The molecule has 0 saturated carbocycles. The van der Waals surface area contributed by atoms with E-state index in [2.05, 4.69) is 9.88 Å². The number of carbonyl (C=O) groups excluding carboxylic acids is 1. The van der Waals surface area contributed by atoms with Gasteiger partial charge in [0.2, 0.25) is 5.91 Å². The number of nitrogens with zero attached hydrogens (tertiary/aromatic N) is 3. The smallest absolute Gasteiger partial charge is 0.229 e. The van der Waals surface area contributed by atoms with Crippen molar-refractivity contribution in [2.75, 3.05) is 38.1 Å². The molecule has 19 heavy (non-hydrogen) atoms. The van der Waals surface area contributed by atoms with Gasteiger partial charge in [-0.2, -0.15) is 0 Å². The van der Waals surface area contributed by atoms with E-state index in [1.54, 1.807) is 17.3 Å². The second-order valence-corrected chi connectivity index (χ2v) is 5.01. The third-order valence-corrected chi connectivity index (χ3v) is 3.75. The largest absolute Gasteiger partial charge is 0.329 e. The number of piperidine rings is 1. The number of rotatable bonds is 4. The monoisotopic (exact) mass is 262 g/mol. The summed E-state index contributed by atoms with van der Waals surface area (Å²) >= 11 is 0. The number of carbonyl (C=O) groups is 1. The lowest BCUT2D eigenvalue weighted by atomic mass is 9.95. The summed E-state index contributed by atoms with van der Waals surface area (Å²) in [5.74, 6) is 0.319. The molecule has 0 unspecified atom stereocenters. The lowest BCUT2D eigenvalue weighted by Gasteiger charge is -2.32. The van der Waals surface area contributed by atoms with Crippen molar-refractivity contribution in [2.24, 2.45) is 11.7 Å². The first-order valence-electron chi connectivity index (χ1n) is 6.82. The molecule has 1 aromatic heterocycles. The number of pyridine rings is 1. The fourth-order valence-electron chi connectivity index (χ4n) is 2.54. The predicted octanol–water partition coefficient (Wildman–Crippen LogP) is 0.715. The van der Waals surface area contributed by atoms with Gasteiger partial charge in [-0.15, -0.1) is 0 Å². The number of anilines is 1. The van der Waals surface area contributed by atoms with E-state index in [1.807, 2.05) is 19.2 Å². The van der Waals surface area contributed by atoms with Crippen LogP contribution in [-0.4, -0.2) is 49.0 Å². The third-order valence-electron chi connectivity index (χ3n) is 3.75. The lowest BCUT2D eigenvalue weighted by Crippen LogP contribution is -2.42. The highest BCUT2D eigenvalue weighted by molar-refractivity contribution is 5.94. The molecule has 2 heterocycles. The quantitative estimate of drug-likeness (QED) is 0.868. The zero-order valence-corrected chi connectivity index (χ0v) is 11.5. The first-order chi connectivity index (χ1) is 9.22. The molecular formula is C14H22N4O. The number of aromatic nitrogens is 1. The van der Waals surface area contributed by atoms with Gasteiger partial charge in [-0.1, -0.05) is 0 Å². The van der Waals surface area contributed by atoms with E-state index in [4.69, 9.17) is 5.73 Å². The molecule has 2 rings (SSSR count). The summed E-state index contributed by atoms with van der Waals surface area (Å²) in [4.78, 5) is 20.5. The molecule has 5 heteroatoms. The van der Waals surface area contributed by atoms with Crippen LogP contribution in [0.3, 0.4) is 0 Å². The SMILES string of the molecule is CN(C(=O)C1CCN(CCN)CC1)c1cccnc1. The van der Waals surface area contributed by atoms with Crippen molar-refractivity contribution in [3.8, 4) is 0 Å². The van der Waals surface area contributed by atoms with E-state index in [1.165, 1.54) is 0 Å². The summed E-state index contributed by atoms with van der Waals surface area (Å²) < 4.78 is 0. The second kappa shape index (κ2) is 6.63. The zero-order chi connectivity index (χ0) is 13.7. The van der Waals surface area contributed by atoms with E-state index in [0.717, 1.165) is 38.2 Å². The summed E-state index contributed by atoms with van der Waals surface area (Å²) in [7, 11) is 1.83. The highest BCUT2D eigenvalue weighted by Gasteiger charge is 2.27. The van der Waals surface area contributed by atoms with Gasteiger partial charge in [0.1, 0.15) is 0 Å². The van der Waals surface area contributed by atoms with E-state index < -0.39 is 0 Å². The van der Waals surface area contributed by atoms with Gasteiger partial charge in [0.25, 0.3) is 0 Å². The van der Waals surface area contributed by atoms with Crippen molar-refractivity contribution in [1.82, 2.24) is 9.88 Å². The minimum Gasteiger partial charge on any atom is -0.329 e. The van der Waals surface area contributed by atoms with E-state index in [9.17, 15) is 4.79 Å². The Labute approximate surface area is 114 Å². The van der Waals surface area contributed by atoms with Gasteiger partial charge >= 0.3 is 0 Å². The maximum atomic E-state index is 12.4. The summed E-state index contributed by atoms with van der Waals surface area (Å²) in [6.07, 6.45) is 5.28. The van der Waals surface area contributed by atoms with Gasteiger partial charge < -0.3 is 15.5 Å². The van der Waals surface area contributed by atoms with Crippen LogP contribution in [0.1, 0.15) is 12.8 Å². The fraction of sp³-hybridized carbons (Fsp3) is 0.571. The number of hydrogen-bond donors (Lipinski definition) is 1. The summed E-state index contributed by atoms with van der Waals surface area (Å²) in [6.45, 7) is 3.55. The molecule has 1 aromatic rings. The zero-order valence-electron chi connectivity index (χ0n) is 11.5. The van der Waals surface area contributed by atoms with Crippen LogP contribution in [-0.2, 0) is 4.79 Å².